The van der Waals surface area contributed by atoms with Gasteiger partial charge in [-0.2, -0.15) is 0 Å². The Bertz CT molecular complexity index is 941. The van der Waals surface area contributed by atoms with Gasteiger partial charge in [0.15, 0.2) is 0 Å². The summed E-state index contributed by atoms with van der Waals surface area (Å²) in [6.45, 7) is 5.75. The molecule has 2 aromatic carbocycles. The van der Waals surface area contributed by atoms with Gasteiger partial charge in [0.2, 0.25) is 15.9 Å². The average Bonchev–Trinajstić information content (AvgIpc) is 2.65. The number of nitrogens with one attached hydrogen (secondary N) is 1. The Morgan fingerprint density at radius 1 is 1.14 bits per heavy atom. The highest BCUT2D eigenvalue weighted by molar-refractivity contribution is 7.92. The summed E-state index contributed by atoms with van der Waals surface area (Å²) < 4.78 is 30.8. The van der Waals surface area contributed by atoms with Crippen LogP contribution in [0.15, 0.2) is 42.5 Å². The Hall–Kier alpha value is -2.54. The van der Waals surface area contributed by atoms with Crippen LogP contribution in [0.2, 0.25) is 0 Å². The van der Waals surface area contributed by atoms with Gasteiger partial charge in [0.25, 0.3) is 0 Å². The number of sulfonamides is 1. The fourth-order valence-corrected chi connectivity index (χ4v) is 3.79. The van der Waals surface area contributed by atoms with Crippen molar-refractivity contribution in [2.75, 3.05) is 24.2 Å². The Kier molecular flexibility index (Phi) is 7.07. The highest BCUT2D eigenvalue weighted by Crippen LogP contribution is 2.24. The first-order valence-electron chi connectivity index (χ1n) is 9.14. The molecule has 2 rings (SSSR count). The van der Waals surface area contributed by atoms with Gasteiger partial charge in [-0.05, 0) is 49.1 Å². The van der Waals surface area contributed by atoms with Gasteiger partial charge in [0.1, 0.15) is 12.3 Å². The molecule has 0 aliphatic heterocycles. The van der Waals surface area contributed by atoms with Crippen LogP contribution in [0.3, 0.4) is 0 Å². The Morgan fingerprint density at radius 3 is 2.43 bits per heavy atom. The first kappa shape index (κ1) is 21.8. The third-order valence-electron chi connectivity index (χ3n) is 4.71. The topological polar surface area (TPSA) is 75.7 Å². The zero-order valence-electron chi connectivity index (χ0n) is 17.0. The summed E-state index contributed by atoms with van der Waals surface area (Å²) in [6, 6.07) is 12.5. The van der Waals surface area contributed by atoms with Crippen molar-refractivity contribution in [3.8, 4) is 5.75 Å². The Morgan fingerprint density at radius 2 is 1.86 bits per heavy atom. The molecular weight excluding hydrogens is 376 g/mol. The lowest BCUT2D eigenvalue weighted by atomic mass is 9.99. The monoisotopic (exact) mass is 404 g/mol. The molecule has 1 N–H and O–H groups in total. The molecule has 1 amide bonds. The van der Waals surface area contributed by atoms with E-state index in [-0.39, 0.29) is 18.5 Å². The molecule has 0 aliphatic carbocycles. The van der Waals surface area contributed by atoms with Crippen molar-refractivity contribution >= 4 is 21.6 Å². The van der Waals surface area contributed by atoms with Crippen molar-refractivity contribution in [2.24, 2.45) is 0 Å². The lowest BCUT2D eigenvalue weighted by Crippen LogP contribution is -2.41. The predicted molar refractivity (Wildman–Crippen MR) is 112 cm³/mol. The van der Waals surface area contributed by atoms with Gasteiger partial charge in [-0.3, -0.25) is 9.10 Å². The smallest absolute Gasteiger partial charge is 0.241 e. The second-order valence-electron chi connectivity index (χ2n) is 6.84. The van der Waals surface area contributed by atoms with Crippen molar-refractivity contribution in [1.82, 2.24) is 5.32 Å². The number of hydrogen-bond acceptors (Lipinski definition) is 4. The number of hydrogen-bond donors (Lipinski definition) is 1. The predicted octanol–water partition coefficient (Wildman–Crippen LogP) is 3.35. The fourth-order valence-electron chi connectivity index (χ4n) is 2.94. The Labute approximate surface area is 167 Å². The van der Waals surface area contributed by atoms with E-state index in [4.69, 9.17) is 4.74 Å². The van der Waals surface area contributed by atoms with Crippen LogP contribution in [0.1, 0.15) is 36.1 Å². The number of aryl methyl sites for hydroxylation is 2. The van der Waals surface area contributed by atoms with Crippen LogP contribution in [-0.4, -0.2) is 34.2 Å². The lowest BCUT2D eigenvalue weighted by molar-refractivity contribution is -0.120. The molecule has 152 valence electrons. The van der Waals surface area contributed by atoms with E-state index in [2.05, 4.69) is 11.4 Å². The van der Waals surface area contributed by atoms with E-state index in [1.54, 1.807) is 24.3 Å². The maximum atomic E-state index is 12.7. The average molecular weight is 405 g/mol. The van der Waals surface area contributed by atoms with E-state index in [1.807, 2.05) is 32.9 Å². The van der Waals surface area contributed by atoms with E-state index in [0.29, 0.717) is 17.9 Å². The van der Waals surface area contributed by atoms with E-state index >= 15 is 0 Å². The highest BCUT2D eigenvalue weighted by atomic mass is 32.2. The third-order valence-corrected chi connectivity index (χ3v) is 5.85. The van der Waals surface area contributed by atoms with Gasteiger partial charge in [-0.1, -0.05) is 31.2 Å². The molecule has 0 aliphatic rings. The standard InChI is InChI=1S/C21H28N2O4S/c1-6-20(17-11-10-15(2)16(3)12-17)22-21(24)14-23(28(5,25)26)18-8-7-9-19(13-18)27-4/h7-13,20H,6,14H2,1-5H3,(H,22,24). The van der Waals surface area contributed by atoms with E-state index < -0.39 is 10.0 Å². The second-order valence-corrected chi connectivity index (χ2v) is 8.75. The van der Waals surface area contributed by atoms with Crippen LogP contribution in [0.5, 0.6) is 5.75 Å². The number of benzene rings is 2. The minimum absolute atomic E-state index is 0.182. The molecule has 0 bridgehead atoms. The molecule has 0 spiro atoms. The van der Waals surface area contributed by atoms with Crippen molar-refractivity contribution in [3.05, 3.63) is 59.2 Å². The Balaban J connectivity index is 2.21. The first-order chi connectivity index (χ1) is 13.2. The third kappa shape index (κ3) is 5.48. The largest absolute Gasteiger partial charge is 0.497 e. The minimum Gasteiger partial charge on any atom is -0.497 e. The van der Waals surface area contributed by atoms with Crippen LogP contribution in [-0.2, 0) is 14.8 Å². The van der Waals surface area contributed by atoms with Crippen molar-refractivity contribution in [3.63, 3.8) is 0 Å². The zero-order chi connectivity index (χ0) is 20.9. The molecule has 7 heteroatoms. The summed E-state index contributed by atoms with van der Waals surface area (Å²) in [5.41, 5.74) is 3.73. The normalized spacial score (nSPS) is 12.3. The molecule has 1 atom stereocenters. The number of rotatable bonds is 8. The van der Waals surface area contributed by atoms with Crippen LogP contribution >= 0.6 is 0 Å². The minimum atomic E-state index is -3.64. The number of anilines is 1. The van der Waals surface area contributed by atoms with Crippen LogP contribution in [0, 0.1) is 13.8 Å². The number of methoxy groups -OCH3 is 1. The summed E-state index contributed by atoms with van der Waals surface area (Å²) in [5.74, 6) is 0.159. The fraction of sp³-hybridized carbons (Fsp3) is 0.381. The summed E-state index contributed by atoms with van der Waals surface area (Å²) in [4.78, 5) is 12.7. The lowest BCUT2D eigenvalue weighted by Gasteiger charge is -2.24. The number of carbonyl (C=O) groups is 1. The maximum absolute atomic E-state index is 12.7. The number of nitrogens with zero attached hydrogens (tertiary/aromatic N) is 1. The number of ether oxygens (including phenoxy) is 1. The van der Waals surface area contributed by atoms with Crippen molar-refractivity contribution < 1.29 is 17.9 Å². The molecule has 1 unspecified atom stereocenters. The van der Waals surface area contributed by atoms with Gasteiger partial charge in [0.05, 0.1) is 25.1 Å². The van der Waals surface area contributed by atoms with Gasteiger partial charge in [-0.15, -0.1) is 0 Å². The number of amides is 1. The molecule has 0 saturated carbocycles. The molecule has 0 heterocycles. The maximum Gasteiger partial charge on any atom is 0.241 e. The molecular formula is C21H28N2O4S. The summed E-state index contributed by atoms with van der Waals surface area (Å²) in [7, 11) is -2.13. The van der Waals surface area contributed by atoms with Crippen molar-refractivity contribution in [1.29, 1.82) is 0 Å². The first-order valence-corrected chi connectivity index (χ1v) is 11.0. The SMILES string of the molecule is CCC(NC(=O)CN(c1cccc(OC)c1)S(C)(=O)=O)c1ccc(C)c(C)c1. The van der Waals surface area contributed by atoms with E-state index in [0.717, 1.165) is 21.7 Å². The molecule has 0 saturated heterocycles. The quantitative estimate of drug-likeness (QED) is 0.732. The second kappa shape index (κ2) is 9.10. The molecule has 6 nitrogen and oxygen atoms in total. The van der Waals surface area contributed by atoms with Gasteiger partial charge in [0, 0.05) is 6.07 Å². The summed E-state index contributed by atoms with van der Waals surface area (Å²) in [5, 5.41) is 2.95. The van der Waals surface area contributed by atoms with Crippen LogP contribution in [0.4, 0.5) is 5.69 Å². The highest BCUT2D eigenvalue weighted by Gasteiger charge is 2.23. The van der Waals surface area contributed by atoms with Gasteiger partial charge >= 0.3 is 0 Å². The van der Waals surface area contributed by atoms with Crippen LogP contribution < -0.4 is 14.4 Å². The van der Waals surface area contributed by atoms with Gasteiger partial charge in [-0.25, -0.2) is 8.42 Å². The number of carbonyl (C=O) groups excluding carboxylic acids is 1. The molecule has 28 heavy (non-hydrogen) atoms. The summed E-state index contributed by atoms with van der Waals surface area (Å²) in [6.07, 6.45) is 1.78. The van der Waals surface area contributed by atoms with Gasteiger partial charge < -0.3 is 10.1 Å². The zero-order valence-corrected chi connectivity index (χ0v) is 17.8. The van der Waals surface area contributed by atoms with E-state index in [1.165, 1.54) is 12.7 Å². The molecule has 0 fully saturated rings. The van der Waals surface area contributed by atoms with Crippen molar-refractivity contribution in [2.45, 2.75) is 33.2 Å². The van der Waals surface area contributed by atoms with Crippen LogP contribution in [0.25, 0.3) is 0 Å². The molecule has 0 radical (unpaired) electrons. The summed E-state index contributed by atoms with van der Waals surface area (Å²) >= 11 is 0. The molecule has 0 aromatic heterocycles. The molecule has 2 aromatic rings. The van der Waals surface area contributed by atoms with E-state index in [9.17, 15) is 13.2 Å².